The van der Waals surface area contributed by atoms with Crippen molar-refractivity contribution in [1.82, 2.24) is 20.5 Å². The number of thioether (sulfide) groups is 1. The molecule has 1 atom stereocenters. The average molecular weight is 356 g/mol. The summed E-state index contributed by atoms with van der Waals surface area (Å²) in [6, 6.07) is 11.9. The van der Waals surface area contributed by atoms with E-state index in [0.29, 0.717) is 5.16 Å². The summed E-state index contributed by atoms with van der Waals surface area (Å²) in [6.07, 6.45) is 0. The van der Waals surface area contributed by atoms with Gasteiger partial charge in [0, 0.05) is 23.6 Å². The van der Waals surface area contributed by atoms with Crippen molar-refractivity contribution in [2.45, 2.75) is 17.3 Å². The molecule has 3 aromatic rings. The standard InChI is InChI=1S/C17H16N4OS2/c1-11(16(22)18-2)24-17-19-14(13-8-9-23-10-13)15(20-21-17)12-6-4-3-5-7-12/h3-11H,1-2H3,(H,18,22). The number of benzene rings is 1. The fourth-order valence-electron chi connectivity index (χ4n) is 2.17. The zero-order valence-electron chi connectivity index (χ0n) is 13.3. The van der Waals surface area contributed by atoms with Crippen molar-refractivity contribution in [3.05, 3.63) is 47.2 Å². The van der Waals surface area contributed by atoms with E-state index in [1.807, 2.05) is 54.1 Å². The number of amides is 1. The topological polar surface area (TPSA) is 67.8 Å². The number of nitrogens with one attached hydrogen (secondary N) is 1. The Morgan fingerprint density at radius 2 is 1.92 bits per heavy atom. The summed E-state index contributed by atoms with van der Waals surface area (Å²) < 4.78 is 0. The molecule has 0 spiro atoms. The summed E-state index contributed by atoms with van der Waals surface area (Å²) in [4.78, 5) is 16.4. The van der Waals surface area contributed by atoms with Gasteiger partial charge in [-0.15, -0.1) is 10.2 Å². The minimum atomic E-state index is -0.283. The third-order valence-corrected chi connectivity index (χ3v) is 5.04. The Labute approximate surface area is 148 Å². The second-order valence-electron chi connectivity index (χ2n) is 5.04. The van der Waals surface area contributed by atoms with E-state index in [1.54, 1.807) is 18.4 Å². The Bertz CT molecular complexity index is 822. The Kier molecular flexibility index (Phi) is 5.22. The summed E-state index contributed by atoms with van der Waals surface area (Å²) in [5.41, 5.74) is 3.49. The van der Waals surface area contributed by atoms with Crippen LogP contribution in [0.3, 0.4) is 0 Å². The van der Waals surface area contributed by atoms with E-state index < -0.39 is 0 Å². The molecule has 2 heterocycles. The number of carbonyl (C=O) groups excluding carboxylic acids is 1. The van der Waals surface area contributed by atoms with Crippen LogP contribution in [0.5, 0.6) is 0 Å². The molecule has 7 heteroatoms. The molecule has 5 nitrogen and oxygen atoms in total. The molecule has 1 N–H and O–H groups in total. The highest BCUT2D eigenvalue weighted by molar-refractivity contribution is 8.00. The van der Waals surface area contributed by atoms with Gasteiger partial charge < -0.3 is 5.32 Å². The van der Waals surface area contributed by atoms with Crippen molar-refractivity contribution in [2.24, 2.45) is 0 Å². The van der Waals surface area contributed by atoms with Gasteiger partial charge in [-0.05, 0) is 18.4 Å². The largest absolute Gasteiger partial charge is 0.358 e. The van der Waals surface area contributed by atoms with Crippen molar-refractivity contribution in [3.63, 3.8) is 0 Å². The monoisotopic (exact) mass is 356 g/mol. The minimum absolute atomic E-state index is 0.0622. The zero-order chi connectivity index (χ0) is 16.9. The van der Waals surface area contributed by atoms with Crippen LogP contribution in [0, 0.1) is 0 Å². The van der Waals surface area contributed by atoms with Gasteiger partial charge in [0.2, 0.25) is 11.1 Å². The number of hydrogen-bond acceptors (Lipinski definition) is 6. The maximum absolute atomic E-state index is 11.7. The van der Waals surface area contributed by atoms with E-state index in [-0.39, 0.29) is 11.2 Å². The molecule has 2 aromatic heterocycles. The average Bonchev–Trinajstić information content (AvgIpc) is 3.16. The molecular formula is C17H16N4OS2. The molecule has 1 amide bonds. The molecular weight excluding hydrogens is 340 g/mol. The lowest BCUT2D eigenvalue weighted by atomic mass is 10.1. The van der Waals surface area contributed by atoms with E-state index in [9.17, 15) is 4.79 Å². The number of carbonyl (C=O) groups is 1. The molecule has 0 aliphatic rings. The smallest absolute Gasteiger partial charge is 0.233 e. The molecule has 0 radical (unpaired) electrons. The maximum atomic E-state index is 11.7. The SMILES string of the molecule is CNC(=O)C(C)Sc1nnc(-c2ccccc2)c(-c2ccsc2)n1. The molecule has 0 bridgehead atoms. The van der Waals surface area contributed by atoms with Crippen LogP contribution in [0.4, 0.5) is 0 Å². The predicted molar refractivity (Wildman–Crippen MR) is 98.0 cm³/mol. The normalized spacial score (nSPS) is 11.9. The third-order valence-electron chi connectivity index (χ3n) is 3.41. The van der Waals surface area contributed by atoms with Crippen LogP contribution in [0.1, 0.15) is 6.92 Å². The van der Waals surface area contributed by atoms with Gasteiger partial charge in [-0.3, -0.25) is 4.79 Å². The first kappa shape index (κ1) is 16.6. The van der Waals surface area contributed by atoms with Gasteiger partial charge in [0.05, 0.1) is 5.25 Å². The van der Waals surface area contributed by atoms with E-state index >= 15 is 0 Å². The summed E-state index contributed by atoms with van der Waals surface area (Å²) in [5.74, 6) is -0.0622. The highest BCUT2D eigenvalue weighted by Gasteiger charge is 2.18. The van der Waals surface area contributed by atoms with Crippen molar-refractivity contribution in [2.75, 3.05) is 7.05 Å². The first-order valence-corrected chi connectivity index (χ1v) is 9.22. The second kappa shape index (κ2) is 7.55. The first-order valence-electron chi connectivity index (χ1n) is 7.40. The van der Waals surface area contributed by atoms with Crippen molar-refractivity contribution in [1.29, 1.82) is 0 Å². The molecule has 122 valence electrons. The Hall–Kier alpha value is -2.25. The lowest BCUT2D eigenvalue weighted by Gasteiger charge is -2.10. The summed E-state index contributed by atoms with van der Waals surface area (Å²) in [6.45, 7) is 1.82. The van der Waals surface area contributed by atoms with Gasteiger partial charge in [0.1, 0.15) is 11.4 Å². The summed E-state index contributed by atoms with van der Waals surface area (Å²) in [7, 11) is 1.62. The number of hydrogen-bond donors (Lipinski definition) is 1. The number of rotatable bonds is 5. The van der Waals surface area contributed by atoms with E-state index in [0.717, 1.165) is 22.5 Å². The second-order valence-corrected chi connectivity index (χ2v) is 7.13. The lowest BCUT2D eigenvalue weighted by molar-refractivity contribution is -0.119. The Morgan fingerprint density at radius 3 is 2.58 bits per heavy atom. The van der Waals surface area contributed by atoms with Crippen LogP contribution < -0.4 is 5.32 Å². The fourth-order valence-corrected chi connectivity index (χ4v) is 3.58. The van der Waals surface area contributed by atoms with Crippen molar-refractivity contribution >= 4 is 29.0 Å². The molecule has 1 aromatic carbocycles. The summed E-state index contributed by atoms with van der Waals surface area (Å²) in [5, 5.41) is 15.5. The fraction of sp³-hybridized carbons (Fsp3) is 0.176. The molecule has 0 saturated carbocycles. The van der Waals surface area contributed by atoms with Crippen LogP contribution in [0.15, 0.2) is 52.3 Å². The van der Waals surface area contributed by atoms with Crippen molar-refractivity contribution < 1.29 is 4.79 Å². The van der Waals surface area contributed by atoms with E-state index in [1.165, 1.54) is 11.8 Å². The van der Waals surface area contributed by atoms with Crippen LogP contribution in [-0.4, -0.2) is 33.4 Å². The maximum Gasteiger partial charge on any atom is 0.233 e. The molecule has 3 rings (SSSR count). The highest BCUT2D eigenvalue weighted by atomic mass is 32.2. The van der Waals surface area contributed by atoms with Gasteiger partial charge in [-0.1, -0.05) is 42.1 Å². The quantitative estimate of drug-likeness (QED) is 0.709. The highest BCUT2D eigenvalue weighted by Crippen LogP contribution is 2.31. The van der Waals surface area contributed by atoms with Gasteiger partial charge in [-0.2, -0.15) is 11.3 Å². The summed E-state index contributed by atoms with van der Waals surface area (Å²) >= 11 is 2.91. The number of thiophene rings is 1. The number of nitrogens with zero attached hydrogens (tertiary/aromatic N) is 3. The lowest BCUT2D eigenvalue weighted by Crippen LogP contribution is -2.27. The third kappa shape index (κ3) is 3.63. The molecule has 0 aliphatic heterocycles. The van der Waals surface area contributed by atoms with Gasteiger partial charge >= 0.3 is 0 Å². The van der Waals surface area contributed by atoms with Gasteiger partial charge in [0.15, 0.2) is 0 Å². The molecule has 0 aliphatic carbocycles. The Morgan fingerprint density at radius 1 is 1.12 bits per heavy atom. The van der Waals surface area contributed by atoms with E-state index in [2.05, 4.69) is 20.5 Å². The molecule has 0 saturated heterocycles. The molecule has 1 unspecified atom stereocenters. The van der Waals surface area contributed by atoms with Gasteiger partial charge in [-0.25, -0.2) is 4.98 Å². The van der Waals surface area contributed by atoms with Crippen molar-refractivity contribution in [3.8, 4) is 22.5 Å². The predicted octanol–water partition coefficient (Wildman–Crippen LogP) is 3.49. The van der Waals surface area contributed by atoms with Gasteiger partial charge in [0.25, 0.3) is 0 Å². The zero-order valence-corrected chi connectivity index (χ0v) is 14.9. The Balaban J connectivity index is 2.01. The minimum Gasteiger partial charge on any atom is -0.358 e. The van der Waals surface area contributed by atoms with E-state index in [4.69, 9.17) is 0 Å². The first-order chi connectivity index (χ1) is 11.7. The van der Waals surface area contributed by atoms with Crippen LogP contribution in [-0.2, 0) is 4.79 Å². The molecule has 24 heavy (non-hydrogen) atoms. The molecule has 0 fully saturated rings. The van der Waals surface area contributed by atoms with Crippen LogP contribution in [0.25, 0.3) is 22.5 Å². The van der Waals surface area contributed by atoms with Crippen LogP contribution >= 0.6 is 23.1 Å². The van der Waals surface area contributed by atoms with Crippen LogP contribution in [0.2, 0.25) is 0 Å². The number of aromatic nitrogens is 3.